The summed E-state index contributed by atoms with van der Waals surface area (Å²) in [6.45, 7) is 6.75. The largest absolute Gasteiger partial charge is 0.497 e. The highest BCUT2D eigenvalue weighted by atomic mass is 32.1. The van der Waals surface area contributed by atoms with E-state index >= 15 is 0 Å². The quantitative estimate of drug-likeness (QED) is 0.696. The minimum Gasteiger partial charge on any atom is -0.497 e. The van der Waals surface area contributed by atoms with Crippen LogP contribution in [0, 0.1) is 5.92 Å². The molecule has 1 aliphatic rings. The molecule has 0 radical (unpaired) electrons. The summed E-state index contributed by atoms with van der Waals surface area (Å²) >= 11 is 1.22. The molecule has 1 atom stereocenters. The van der Waals surface area contributed by atoms with Gasteiger partial charge in [-0.2, -0.15) is 0 Å². The van der Waals surface area contributed by atoms with Crippen LogP contribution in [0.15, 0.2) is 29.6 Å². The average Bonchev–Trinajstić information content (AvgIpc) is 3.25. The second-order valence-electron chi connectivity index (χ2n) is 7.04. The Kier molecular flexibility index (Phi) is 7.18. The lowest BCUT2D eigenvalue weighted by Crippen LogP contribution is -2.43. The van der Waals surface area contributed by atoms with E-state index in [1.54, 1.807) is 12.5 Å². The zero-order valence-corrected chi connectivity index (χ0v) is 17.0. The van der Waals surface area contributed by atoms with Gasteiger partial charge in [-0.3, -0.25) is 4.79 Å². The van der Waals surface area contributed by atoms with Gasteiger partial charge in [0.15, 0.2) is 5.69 Å². The van der Waals surface area contributed by atoms with Crippen molar-refractivity contribution < 1.29 is 9.53 Å². The highest BCUT2D eigenvalue weighted by Crippen LogP contribution is 2.20. The molecule has 0 unspecified atom stereocenters. The van der Waals surface area contributed by atoms with Crippen LogP contribution < -0.4 is 4.74 Å². The van der Waals surface area contributed by atoms with Gasteiger partial charge in [0.25, 0.3) is 5.91 Å². The first-order valence-electron chi connectivity index (χ1n) is 9.61. The summed E-state index contributed by atoms with van der Waals surface area (Å²) in [6, 6.07) is 8.30. The molecular weight excluding hydrogens is 360 g/mol. The topological polar surface area (TPSA) is 58.6 Å². The van der Waals surface area contributed by atoms with E-state index in [9.17, 15) is 4.79 Å². The van der Waals surface area contributed by atoms with Gasteiger partial charge in [-0.15, -0.1) is 5.10 Å². The number of hydrogen-bond acceptors (Lipinski definition) is 6. The first-order valence-corrected chi connectivity index (χ1v) is 10.4. The molecule has 0 bridgehead atoms. The number of piperidine rings is 1. The number of nitrogens with zero attached hydrogens (tertiary/aromatic N) is 4. The SMILES string of the molecule is CCN(C[C@H]1CCCN(CCc2cccc(OC)c2)C1)C(=O)c1csnn1. The number of ether oxygens (including phenoxy) is 1. The molecule has 0 aliphatic carbocycles. The second-order valence-corrected chi connectivity index (χ2v) is 7.65. The summed E-state index contributed by atoms with van der Waals surface area (Å²) in [5, 5.41) is 5.66. The van der Waals surface area contributed by atoms with Crippen molar-refractivity contribution in [2.24, 2.45) is 5.92 Å². The molecule has 2 heterocycles. The highest BCUT2D eigenvalue weighted by molar-refractivity contribution is 7.03. The Hall–Kier alpha value is -1.99. The van der Waals surface area contributed by atoms with Crippen LogP contribution in [0.4, 0.5) is 0 Å². The molecule has 3 rings (SSSR count). The minimum absolute atomic E-state index is 0.000228. The molecule has 6 nitrogen and oxygen atoms in total. The van der Waals surface area contributed by atoms with E-state index in [-0.39, 0.29) is 5.91 Å². The lowest BCUT2D eigenvalue weighted by molar-refractivity contribution is 0.0685. The summed E-state index contributed by atoms with van der Waals surface area (Å²) in [7, 11) is 1.71. The van der Waals surface area contributed by atoms with E-state index in [1.165, 1.54) is 29.9 Å². The van der Waals surface area contributed by atoms with Gasteiger partial charge in [0.1, 0.15) is 5.75 Å². The fraction of sp³-hybridized carbons (Fsp3) is 0.550. The van der Waals surface area contributed by atoms with Gasteiger partial charge in [0, 0.05) is 31.6 Å². The van der Waals surface area contributed by atoms with Crippen molar-refractivity contribution in [3.05, 3.63) is 40.9 Å². The van der Waals surface area contributed by atoms with Gasteiger partial charge >= 0.3 is 0 Å². The monoisotopic (exact) mass is 388 g/mol. The molecule has 2 aromatic rings. The number of rotatable bonds is 8. The van der Waals surface area contributed by atoms with Crippen LogP contribution in [0.2, 0.25) is 0 Å². The van der Waals surface area contributed by atoms with E-state index in [0.717, 1.165) is 38.3 Å². The average molecular weight is 389 g/mol. The molecule has 7 heteroatoms. The number of benzene rings is 1. The van der Waals surface area contributed by atoms with Crippen LogP contribution in [-0.2, 0) is 6.42 Å². The van der Waals surface area contributed by atoms with E-state index in [0.29, 0.717) is 18.2 Å². The van der Waals surface area contributed by atoms with Crippen molar-refractivity contribution >= 4 is 17.4 Å². The van der Waals surface area contributed by atoms with Gasteiger partial charge < -0.3 is 14.5 Å². The molecule has 1 aliphatic heterocycles. The van der Waals surface area contributed by atoms with Crippen LogP contribution in [0.1, 0.15) is 35.8 Å². The maximum Gasteiger partial charge on any atom is 0.275 e. The standard InChI is InChI=1S/C20H28N4O2S/c1-3-24(20(25)19-15-27-22-21-19)14-17-7-5-10-23(13-17)11-9-16-6-4-8-18(12-16)26-2/h4,6,8,12,15,17H,3,5,7,9-11,13-14H2,1-2H3/t17-/m0/s1. The minimum atomic E-state index is -0.000228. The molecule has 1 aromatic heterocycles. The molecule has 0 spiro atoms. The number of hydrogen-bond donors (Lipinski definition) is 0. The van der Waals surface area contributed by atoms with Gasteiger partial charge in [-0.1, -0.05) is 16.6 Å². The number of likely N-dealkylation sites (tertiary alicyclic amines) is 1. The van der Waals surface area contributed by atoms with Crippen LogP contribution in [-0.4, -0.2) is 65.1 Å². The van der Waals surface area contributed by atoms with Gasteiger partial charge in [-0.25, -0.2) is 0 Å². The number of aromatic nitrogens is 2. The molecule has 0 N–H and O–H groups in total. The number of carbonyl (C=O) groups excluding carboxylic acids is 1. The third kappa shape index (κ3) is 5.49. The van der Waals surface area contributed by atoms with Crippen molar-refractivity contribution in [2.75, 3.05) is 39.8 Å². The maximum atomic E-state index is 12.6. The Balaban J connectivity index is 1.51. The Bertz CT molecular complexity index is 723. The van der Waals surface area contributed by atoms with Crippen molar-refractivity contribution in [1.82, 2.24) is 19.4 Å². The lowest BCUT2D eigenvalue weighted by Gasteiger charge is -2.35. The van der Waals surface area contributed by atoms with E-state index in [1.807, 2.05) is 24.0 Å². The lowest BCUT2D eigenvalue weighted by atomic mass is 9.96. The van der Waals surface area contributed by atoms with Gasteiger partial charge in [-0.05, 0) is 67.9 Å². The highest BCUT2D eigenvalue weighted by Gasteiger charge is 2.25. The van der Waals surface area contributed by atoms with Crippen molar-refractivity contribution in [2.45, 2.75) is 26.2 Å². The van der Waals surface area contributed by atoms with Crippen LogP contribution in [0.25, 0.3) is 0 Å². The van der Waals surface area contributed by atoms with Crippen LogP contribution in [0.3, 0.4) is 0 Å². The fourth-order valence-corrected chi connectivity index (χ4v) is 4.14. The molecule has 1 aromatic carbocycles. The Morgan fingerprint density at radius 2 is 2.33 bits per heavy atom. The van der Waals surface area contributed by atoms with Crippen LogP contribution in [0.5, 0.6) is 5.75 Å². The summed E-state index contributed by atoms with van der Waals surface area (Å²) in [5.41, 5.74) is 1.77. The molecule has 0 saturated carbocycles. The fourth-order valence-electron chi connectivity index (χ4n) is 3.71. The zero-order chi connectivity index (χ0) is 19.1. The van der Waals surface area contributed by atoms with E-state index in [4.69, 9.17) is 4.74 Å². The summed E-state index contributed by atoms with van der Waals surface area (Å²) in [6.07, 6.45) is 3.38. The summed E-state index contributed by atoms with van der Waals surface area (Å²) in [5.74, 6) is 1.43. The van der Waals surface area contributed by atoms with Gasteiger partial charge in [0.05, 0.1) is 7.11 Å². The predicted molar refractivity (Wildman–Crippen MR) is 107 cm³/mol. The van der Waals surface area contributed by atoms with Crippen molar-refractivity contribution in [3.63, 3.8) is 0 Å². The van der Waals surface area contributed by atoms with Gasteiger partial charge in [0.2, 0.25) is 0 Å². The molecule has 146 valence electrons. The van der Waals surface area contributed by atoms with Crippen molar-refractivity contribution in [3.8, 4) is 5.75 Å². The first-order chi connectivity index (χ1) is 13.2. The number of amides is 1. The molecule has 1 amide bonds. The van der Waals surface area contributed by atoms with Crippen molar-refractivity contribution in [1.29, 1.82) is 0 Å². The third-order valence-corrected chi connectivity index (χ3v) is 5.69. The van der Waals surface area contributed by atoms with E-state index < -0.39 is 0 Å². The normalized spacial score (nSPS) is 17.6. The molecule has 1 saturated heterocycles. The summed E-state index contributed by atoms with van der Waals surface area (Å²) in [4.78, 5) is 17.0. The summed E-state index contributed by atoms with van der Waals surface area (Å²) < 4.78 is 9.12. The van der Waals surface area contributed by atoms with Crippen LogP contribution >= 0.6 is 11.5 Å². The van der Waals surface area contributed by atoms with E-state index in [2.05, 4.69) is 26.6 Å². The predicted octanol–water partition coefficient (Wildman–Crippen LogP) is 2.96. The first kappa shape index (κ1) is 19.8. The maximum absolute atomic E-state index is 12.6. The molecular formula is C20H28N4O2S. The molecule has 1 fully saturated rings. The number of carbonyl (C=O) groups is 1. The smallest absolute Gasteiger partial charge is 0.275 e. The zero-order valence-electron chi connectivity index (χ0n) is 16.1. The Labute approximate surface area is 165 Å². The Morgan fingerprint density at radius 1 is 1.44 bits per heavy atom. The third-order valence-electron chi connectivity index (χ3n) is 5.18. The second kappa shape index (κ2) is 9.80. The Morgan fingerprint density at radius 3 is 3.07 bits per heavy atom. The number of methoxy groups -OCH3 is 1. The molecule has 27 heavy (non-hydrogen) atoms.